The SMILES string of the molecule is C[C@@H](N)C(=O)NC1CC1. The highest BCUT2D eigenvalue weighted by molar-refractivity contribution is 5.81. The Labute approximate surface area is 54.6 Å². The minimum atomic E-state index is -0.356. The van der Waals surface area contributed by atoms with Gasteiger partial charge in [-0.15, -0.1) is 0 Å². The van der Waals surface area contributed by atoms with E-state index in [1.807, 2.05) is 0 Å². The number of rotatable bonds is 2. The largest absolute Gasteiger partial charge is 0.352 e. The summed E-state index contributed by atoms with van der Waals surface area (Å²) in [5.41, 5.74) is 5.30. The molecule has 3 N–H and O–H groups in total. The van der Waals surface area contributed by atoms with Crippen molar-refractivity contribution < 1.29 is 4.79 Å². The summed E-state index contributed by atoms with van der Waals surface area (Å²) in [6.45, 7) is 1.69. The van der Waals surface area contributed by atoms with Gasteiger partial charge in [-0.3, -0.25) is 4.79 Å². The van der Waals surface area contributed by atoms with Crippen molar-refractivity contribution in [3.05, 3.63) is 0 Å². The summed E-state index contributed by atoms with van der Waals surface area (Å²) in [4.78, 5) is 10.8. The molecular weight excluding hydrogens is 116 g/mol. The van der Waals surface area contributed by atoms with Crippen LogP contribution in [-0.2, 0) is 4.79 Å². The lowest BCUT2D eigenvalue weighted by Gasteiger charge is -2.04. The molecule has 0 spiro atoms. The zero-order valence-corrected chi connectivity index (χ0v) is 5.55. The minimum absolute atomic E-state index is 0.0301. The Morgan fingerprint density at radius 3 is 2.67 bits per heavy atom. The lowest BCUT2D eigenvalue weighted by molar-refractivity contribution is -0.122. The van der Waals surface area contributed by atoms with Gasteiger partial charge in [0.1, 0.15) is 0 Å². The summed E-state index contributed by atoms with van der Waals surface area (Å²) in [5.74, 6) is -0.0301. The molecule has 9 heavy (non-hydrogen) atoms. The maximum absolute atomic E-state index is 10.8. The normalized spacial score (nSPS) is 21.1. The van der Waals surface area contributed by atoms with Crippen molar-refractivity contribution in [2.24, 2.45) is 5.73 Å². The van der Waals surface area contributed by atoms with E-state index >= 15 is 0 Å². The molecule has 1 rings (SSSR count). The fraction of sp³-hybridized carbons (Fsp3) is 0.833. The Hall–Kier alpha value is -0.570. The molecule has 0 aromatic carbocycles. The number of nitrogens with one attached hydrogen (secondary N) is 1. The quantitative estimate of drug-likeness (QED) is 0.532. The molecule has 0 aromatic rings. The van der Waals surface area contributed by atoms with Crippen molar-refractivity contribution in [3.63, 3.8) is 0 Å². The zero-order valence-electron chi connectivity index (χ0n) is 5.55. The first-order chi connectivity index (χ1) is 4.20. The van der Waals surface area contributed by atoms with Crippen molar-refractivity contribution >= 4 is 5.91 Å². The van der Waals surface area contributed by atoms with Gasteiger partial charge in [0.15, 0.2) is 0 Å². The average Bonchev–Trinajstić information content (AvgIpc) is 2.50. The molecule has 1 fully saturated rings. The van der Waals surface area contributed by atoms with E-state index in [1.165, 1.54) is 0 Å². The number of carbonyl (C=O) groups excluding carboxylic acids is 1. The van der Waals surface area contributed by atoms with Crippen LogP contribution in [0.1, 0.15) is 19.8 Å². The number of hydrogen-bond acceptors (Lipinski definition) is 2. The van der Waals surface area contributed by atoms with Gasteiger partial charge in [-0.1, -0.05) is 0 Å². The Bertz CT molecular complexity index is 118. The lowest BCUT2D eigenvalue weighted by atomic mass is 10.3. The van der Waals surface area contributed by atoms with Crippen LogP contribution >= 0.6 is 0 Å². The second-order valence-corrected chi connectivity index (χ2v) is 2.57. The van der Waals surface area contributed by atoms with Gasteiger partial charge in [0.2, 0.25) is 5.91 Å². The molecule has 0 aromatic heterocycles. The maximum atomic E-state index is 10.8. The summed E-state index contributed by atoms with van der Waals surface area (Å²) in [6.07, 6.45) is 2.25. The summed E-state index contributed by atoms with van der Waals surface area (Å²) in [5, 5.41) is 2.79. The standard InChI is InChI=1S/C6H12N2O/c1-4(7)6(9)8-5-2-3-5/h4-5H,2-3,7H2,1H3,(H,8,9)/t4-/m1/s1. The van der Waals surface area contributed by atoms with E-state index in [-0.39, 0.29) is 11.9 Å². The van der Waals surface area contributed by atoms with E-state index in [0.29, 0.717) is 6.04 Å². The highest BCUT2D eigenvalue weighted by Gasteiger charge is 2.24. The highest BCUT2D eigenvalue weighted by atomic mass is 16.2. The predicted molar refractivity (Wildman–Crippen MR) is 34.8 cm³/mol. The Morgan fingerprint density at radius 2 is 2.33 bits per heavy atom. The lowest BCUT2D eigenvalue weighted by Crippen LogP contribution is -2.39. The molecule has 0 radical (unpaired) electrons. The van der Waals surface area contributed by atoms with Gasteiger partial charge >= 0.3 is 0 Å². The summed E-state index contributed by atoms with van der Waals surface area (Å²) < 4.78 is 0. The molecule has 0 heterocycles. The van der Waals surface area contributed by atoms with Crippen LogP contribution in [0.2, 0.25) is 0 Å². The van der Waals surface area contributed by atoms with Gasteiger partial charge in [0.05, 0.1) is 6.04 Å². The predicted octanol–water partition coefficient (Wildman–Crippen LogP) is -0.388. The van der Waals surface area contributed by atoms with Crippen molar-refractivity contribution in [1.82, 2.24) is 5.32 Å². The van der Waals surface area contributed by atoms with Crippen LogP contribution in [0, 0.1) is 0 Å². The first-order valence-corrected chi connectivity index (χ1v) is 3.26. The first-order valence-electron chi connectivity index (χ1n) is 3.26. The molecule has 52 valence electrons. The molecule has 0 bridgehead atoms. The van der Waals surface area contributed by atoms with Gasteiger partial charge in [-0.25, -0.2) is 0 Å². The van der Waals surface area contributed by atoms with Crippen LogP contribution in [0.3, 0.4) is 0 Å². The molecule has 1 aliphatic rings. The minimum Gasteiger partial charge on any atom is -0.352 e. The van der Waals surface area contributed by atoms with E-state index in [1.54, 1.807) is 6.92 Å². The summed E-state index contributed by atoms with van der Waals surface area (Å²) in [7, 11) is 0. The number of hydrogen-bond donors (Lipinski definition) is 2. The molecule has 3 heteroatoms. The molecule has 3 nitrogen and oxygen atoms in total. The molecule has 1 amide bonds. The monoisotopic (exact) mass is 128 g/mol. The molecule has 1 aliphatic carbocycles. The second-order valence-electron chi connectivity index (χ2n) is 2.57. The van der Waals surface area contributed by atoms with Gasteiger partial charge in [-0.05, 0) is 19.8 Å². The average molecular weight is 128 g/mol. The fourth-order valence-electron chi connectivity index (χ4n) is 0.560. The number of carbonyl (C=O) groups is 1. The van der Waals surface area contributed by atoms with Gasteiger partial charge < -0.3 is 11.1 Å². The Morgan fingerprint density at radius 1 is 1.78 bits per heavy atom. The van der Waals surface area contributed by atoms with Gasteiger partial charge in [0, 0.05) is 6.04 Å². The van der Waals surface area contributed by atoms with Crippen molar-refractivity contribution in [2.75, 3.05) is 0 Å². The first kappa shape index (κ1) is 6.55. The highest BCUT2D eigenvalue weighted by Crippen LogP contribution is 2.18. The fourth-order valence-corrected chi connectivity index (χ4v) is 0.560. The summed E-state index contributed by atoms with van der Waals surface area (Å²) >= 11 is 0. The van der Waals surface area contributed by atoms with Gasteiger partial charge in [-0.2, -0.15) is 0 Å². The third-order valence-corrected chi connectivity index (χ3v) is 1.34. The molecule has 0 saturated heterocycles. The molecule has 1 atom stereocenters. The van der Waals surface area contributed by atoms with E-state index in [9.17, 15) is 4.79 Å². The second kappa shape index (κ2) is 2.35. The summed E-state index contributed by atoms with van der Waals surface area (Å²) in [6, 6.07) is 0.0779. The van der Waals surface area contributed by atoms with Crippen molar-refractivity contribution in [1.29, 1.82) is 0 Å². The van der Waals surface area contributed by atoms with Gasteiger partial charge in [0.25, 0.3) is 0 Å². The van der Waals surface area contributed by atoms with Crippen LogP contribution < -0.4 is 11.1 Å². The molecule has 0 aliphatic heterocycles. The Balaban J connectivity index is 2.17. The van der Waals surface area contributed by atoms with E-state index in [4.69, 9.17) is 5.73 Å². The van der Waals surface area contributed by atoms with E-state index in [0.717, 1.165) is 12.8 Å². The van der Waals surface area contributed by atoms with E-state index in [2.05, 4.69) is 5.32 Å². The third kappa shape index (κ3) is 2.01. The maximum Gasteiger partial charge on any atom is 0.236 e. The topological polar surface area (TPSA) is 55.1 Å². The molecule has 0 unspecified atom stereocenters. The molecule has 1 saturated carbocycles. The third-order valence-electron chi connectivity index (χ3n) is 1.34. The molecular formula is C6H12N2O. The van der Waals surface area contributed by atoms with Crippen LogP contribution in [0.15, 0.2) is 0 Å². The zero-order chi connectivity index (χ0) is 6.85. The van der Waals surface area contributed by atoms with E-state index < -0.39 is 0 Å². The Kier molecular flexibility index (Phi) is 1.71. The number of amides is 1. The van der Waals surface area contributed by atoms with Crippen LogP contribution in [0.4, 0.5) is 0 Å². The van der Waals surface area contributed by atoms with Crippen molar-refractivity contribution in [3.8, 4) is 0 Å². The smallest absolute Gasteiger partial charge is 0.236 e. The van der Waals surface area contributed by atoms with Crippen LogP contribution in [0.25, 0.3) is 0 Å². The van der Waals surface area contributed by atoms with Crippen LogP contribution in [-0.4, -0.2) is 18.0 Å². The number of nitrogens with two attached hydrogens (primary N) is 1. The van der Waals surface area contributed by atoms with Crippen molar-refractivity contribution in [2.45, 2.75) is 31.8 Å². The van der Waals surface area contributed by atoms with Crippen LogP contribution in [0.5, 0.6) is 0 Å².